The van der Waals surface area contributed by atoms with Gasteiger partial charge in [-0.25, -0.2) is 14.2 Å². The maximum atomic E-state index is 13.2. The van der Waals surface area contributed by atoms with E-state index in [1.54, 1.807) is 6.07 Å². The summed E-state index contributed by atoms with van der Waals surface area (Å²) in [6.07, 6.45) is 4.24. The van der Waals surface area contributed by atoms with Crippen molar-refractivity contribution in [2.75, 3.05) is 19.7 Å². The Kier molecular flexibility index (Phi) is 5.30. The number of rotatable bonds is 5. The van der Waals surface area contributed by atoms with Crippen LogP contribution in [-0.4, -0.2) is 51.7 Å². The van der Waals surface area contributed by atoms with Gasteiger partial charge < -0.3 is 20.3 Å². The number of aromatic amines is 1. The molecule has 1 aliphatic rings. The van der Waals surface area contributed by atoms with E-state index in [1.807, 2.05) is 4.90 Å². The number of halogens is 1. The first kappa shape index (κ1) is 16.7. The number of hydrogen-bond donors (Lipinski definition) is 3. The van der Waals surface area contributed by atoms with Crippen LogP contribution < -0.4 is 5.32 Å². The number of urea groups is 1. The highest BCUT2D eigenvalue weighted by Gasteiger charge is 2.25. The van der Waals surface area contributed by atoms with Gasteiger partial charge in [-0.15, -0.1) is 0 Å². The van der Waals surface area contributed by atoms with Crippen LogP contribution in [0.25, 0.3) is 11.0 Å². The number of aromatic nitrogens is 2. The standard InChI is InChI=1S/C17H23FN4O2/c18-12-4-5-14-15(11-12)21-16(20-14)6-8-19-17(24)22-9-2-1-3-13(22)7-10-23/h4-5,11,13,23H,1-3,6-10H2,(H,19,24)(H,20,21). The van der Waals surface area contributed by atoms with E-state index in [4.69, 9.17) is 5.11 Å². The van der Waals surface area contributed by atoms with Gasteiger partial charge in [0.15, 0.2) is 0 Å². The van der Waals surface area contributed by atoms with Gasteiger partial charge in [-0.3, -0.25) is 0 Å². The van der Waals surface area contributed by atoms with Gasteiger partial charge >= 0.3 is 6.03 Å². The molecule has 24 heavy (non-hydrogen) atoms. The Labute approximate surface area is 140 Å². The minimum Gasteiger partial charge on any atom is -0.396 e. The Morgan fingerprint density at radius 3 is 3.17 bits per heavy atom. The maximum absolute atomic E-state index is 13.2. The van der Waals surface area contributed by atoms with E-state index in [-0.39, 0.29) is 24.5 Å². The number of benzene rings is 1. The molecule has 2 amide bonds. The number of amides is 2. The van der Waals surface area contributed by atoms with Gasteiger partial charge in [0.2, 0.25) is 0 Å². The first-order valence-corrected chi connectivity index (χ1v) is 8.47. The Hall–Kier alpha value is -2.15. The number of aliphatic hydroxyl groups excluding tert-OH is 1. The van der Waals surface area contributed by atoms with E-state index in [0.717, 1.165) is 37.1 Å². The van der Waals surface area contributed by atoms with Gasteiger partial charge in [0.1, 0.15) is 11.6 Å². The van der Waals surface area contributed by atoms with Crippen LogP contribution in [0.1, 0.15) is 31.5 Å². The molecule has 1 aliphatic heterocycles. The van der Waals surface area contributed by atoms with Gasteiger partial charge in [-0.05, 0) is 43.9 Å². The fourth-order valence-electron chi connectivity index (χ4n) is 3.26. The molecular formula is C17H23FN4O2. The summed E-state index contributed by atoms with van der Waals surface area (Å²) in [6.45, 7) is 1.30. The molecule has 1 fully saturated rings. The summed E-state index contributed by atoms with van der Waals surface area (Å²) in [5, 5.41) is 12.1. The molecule has 2 aromatic rings. The van der Waals surface area contributed by atoms with Crippen LogP contribution in [-0.2, 0) is 6.42 Å². The summed E-state index contributed by atoms with van der Waals surface area (Å²) < 4.78 is 13.2. The zero-order chi connectivity index (χ0) is 16.9. The molecule has 1 atom stereocenters. The minimum atomic E-state index is -0.300. The van der Waals surface area contributed by atoms with Crippen molar-refractivity contribution in [3.05, 3.63) is 29.8 Å². The lowest BCUT2D eigenvalue weighted by molar-refractivity contribution is 0.132. The van der Waals surface area contributed by atoms with Gasteiger partial charge in [-0.1, -0.05) is 0 Å². The fourth-order valence-corrected chi connectivity index (χ4v) is 3.26. The van der Waals surface area contributed by atoms with Crippen LogP contribution in [0.2, 0.25) is 0 Å². The zero-order valence-corrected chi connectivity index (χ0v) is 13.6. The molecule has 130 valence electrons. The second-order valence-electron chi connectivity index (χ2n) is 6.18. The molecule has 0 aliphatic carbocycles. The first-order chi connectivity index (χ1) is 11.7. The predicted octanol–water partition coefficient (Wildman–Crippen LogP) is 2.19. The second kappa shape index (κ2) is 7.61. The van der Waals surface area contributed by atoms with Crippen molar-refractivity contribution in [3.63, 3.8) is 0 Å². The van der Waals surface area contributed by atoms with Crippen LogP contribution in [0.4, 0.5) is 9.18 Å². The second-order valence-corrected chi connectivity index (χ2v) is 6.18. The topological polar surface area (TPSA) is 81.2 Å². The lowest BCUT2D eigenvalue weighted by Crippen LogP contribution is -2.49. The smallest absolute Gasteiger partial charge is 0.317 e. The van der Waals surface area contributed by atoms with Crippen molar-refractivity contribution in [1.29, 1.82) is 0 Å². The third kappa shape index (κ3) is 3.84. The highest BCUT2D eigenvalue weighted by atomic mass is 19.1. The molecule has 3 rings (SSSR count). The molecule has 0 radical (unpaired) electrons. The van der Waals surface area contributed by atoms with E-state index < -0.39 is 0 Å². The number of hydrogen-bond acceptors (Lipinski definition) is 3. The number of carbonyl (C=O) groups is 1. The molecule has 1 unspecified atom stereocenters. The summed E-state index contributed by atoms with van der Waals surface area (Å²) >= 11 is 0. The molecule has 1 saturated heterocycles. The van der Waals surface area contributed by atoms with Crippen molar-refractivity contribution in [2.45, 2.75) is 38.1 Å². The number of piperidine rings is 1. The highest BCUT2D eigenvalue weighted by Crippen LogP contribution is 2.19. The van der Waals surface area contributed by atoms with Crippen LogP contribution in [0.15, 0.2) is 18.2 Å². The molecule has 7 heteroatoms. The van der Waals surface area contributed by atoms with Crippen molar-refractivity contribution >= 4 is 17.1 Å². The molecule has 3 N–H and O–H groups in total. The number of nitrogens with zero attached hydrogens (tertiary/aromatic N) is 2. The molecule has 1 aromatic carbocycles. The Morgan fingerprint density at radius 2 is 2.33 bits per heavy atom. The summed E-state index contributed by atoms with van der Waals surface area (Å²) in [6, 6.07) is 4.47. The summed E-state index contributed by atoms with van der Waals surface area (Å²) in [4.78, 5) is 21.6. The van der Waals surface area contributed by atoms with E-state index in [2.05, 4.69) is 15.3 Å². The average Bonchev–Trinajstić information content (AvgIpc) is 2.97. The summed E-state index contributed by atoms with van der Waals surface area (Å²) in [7, 11) is 0. The maximum Gasteiger partial charge on any atom is 0.317 e. The van der Waals surface area contributed by atoms with E-state index in [1.165, 1.54) is 12.1 Å². The summed E-state index contributed by atoms with van der Waals surface area (Å²) in [5.41, 5.74) is 1.38. The number of imidazole rings is 1. The molecule has 1 aromatic heterocycles. The van der Waals surface area contributed by atoms with Gasteiger partial charge in [0.25, 0.3) is 0 Å². The SMILES string of the molecule is O=C(NCCc1nc2ccc(F)cc2[nH]1)N1CCCCC1CCO. The average molecular weight is 334 g/mol. The van der Waals surface area contributed by atoms with Crippen LogP contribution >= 0.6 is 0 Å². The van der Waals surface area contributed by atoms with E-state index in [9.17, 15) is 9.18 Å². The molecule has 0 bridgehead atoms. The van der Waals surface area contributed by atoms with Crippen molar-refractivity contribution in [2.24, 2.45) is 0 Å². The Bertz CT molecular complexity index is 701. The lowest BCUT2D eigenvalue weighted by atomic mass is 10.0. The zero-order valence-electron chi connectivity index (χ0n) is 13.6. The number of H-pyrrole nitrogens is 1. The molecule has 0 saturated carbocycles. The van der Waals surface area contributed by atoms with Crippen LogP contribution in [0, 0.1) is 5.82 Å². The normalized spacial score (nSPS) is 18.1. The van der Waals surface area contributed by atoms with E-state index in [0.29, 0.717) is 24.9 Å². The Balaban J connectivity index is 1.53. The van der Waals surface area contributed by atoms with Crippen LogP contribution in [0.3, 0.4) is 0 Å². The lowest BCUT2D eigenvalue weighted by Gasteiger charge is -2.35. The quantitative estimate of drug-likeness (QED) is 0.784. The minimum absolute atomic E-state index is 0.0877. The van der Waals surface area contributed by atoms with Crippen molar-refractivity contribution < 1.29 is 14.3 Å². The number of likely N-dealkylation sites (tertiary alicyclic amines) is 1. The van der Waals surface area contributed by atoms with Gasteiger partial charge in [0.05, 0.1) is 11.0 Å². The molecule has 0 spiro atoms. The number of fused-ring (bicyclic) bond motifs is 1. The fraction of sp³-hybridized carbons (Fsp3) is 0.529. The number of aliphatic hydroxyl groups is 1. The third-order valence-electron chi connectivity index (χ3n) is 4.48. The summed E-state index contributed by atoms with van der Waals surface area (Å²) in [5.74, 6) is 0.424. The molecule has 6 nitrogen and oxygen atoms in total. The third-order valence-corrected chi connectivity index (χ3v) is 4.48. The highest BCUT2D eigenvalue weighted by molar-refractivity contribution is 5.75. The first-order valence-electron chi connectivity index (χ1n) is 8.47. The molecule has 2 heterocycles. The Morgan fingerprint density at radius 1 is 1.46 bits per heavy atom. The molecular weight excluding hydrogens is 311 g/mol. The van der Waals surface area contributed by atoms with Crippen molar-refractivity contribution in [3.8, 4) is 0 Å². The largest absolute Gasteiger partial charge is 0.396 e. The monoisotopic (exact) mass is 334 g/mol. The van der Waals surface area contributed by atoms with Crippen molar-refractivity contribution in [1.82, 2.24) is 20.2 Å². The van der Waals surface area contributed by atoms with E-state index >= 15 is 0 Å². The van der Waals surface area contributed by atoms with Gasteiger partial charge in [0, 0.05) is 32.2 Å². The number of carbonyl (C=O) groups excluding carboxylic acids is 1. The van der Waals surface area contributed by atoms with Crippen LogP contribution in [0.5, 0.6) is 0 Å². The van der Waals surface area contributed by atoms with Gasteiger partial charge in [-0.2, -0.15) is 0 Å². The predicted molar refractivity (Wildman–Crippen MR) is 89.2 cm³/mol. The number of nitrogens with one attached hydrogen (secondary N) is 2.